The molecule has 1 saturated heterocycles. The highest BCUT2D eigenvalue weighted by atomic mass is 35.5. The standard InChI is InChI=1S/C16H16ClN7O2/c17-14-12(8-19-22-16(14)26)23-5-2-10(9-23)6-13(25)21-11-7-20-24-4-1-3-18-15(11)24/h1,3-4,7-8,10H,2,5-6,9H2,(H,21,25)(H,22,26). The fourth-order valence-corrected chi connectivity index (χ4v) is 3.40. The van der Waals surface area contributed by atoms with Crippen LogP contribution in [0.2, 0.25) is 5.02 Å². The van der Waals surface area contributed by atoms with Crippen LogP contribution in [0.15, 0.2) is 35.6 Å². The molecule has 0 spiro atoms. The summed E-state index contributed by atoms with van der Waals surface area (Å²) < 4.78 is 1.61. The first-order valence-electron chi connectivity index (χ1n) is 8.18. The van der Waals surface area contributed by atoms with E-state index in [0.29, 0.717) is 30.0 Å². The van der Waals surface area contributed by atoms with Crippen molar-refractivity contribution in [3.8, 4) is 0 Å². The summed E-state index contributed by atoms with van der Waals surface area (Å²) in [5, 5.41) is 13.2. The van der Waals surface area contributed by atoms with E-state index < -0.39 is 5.56 Å². The number of aromatic amines is 1. The summed E-state index contributed by atoms with van der Waals surface area (Å²) >= 11 is 6.06. The SMILES string of the molecule is O=C(CC1CCN(c2cn[nH]c(=O)c2Cl)C1)Nc1cnn2cccnc12. The first-order valence-corrected chi connectivity index (χ1v) is 8.56. The molecular weight excluding hydrogens is 358 g/mol. The van der Waals surface area contributed by atoms with Crippen LogP contribution in [0.4, 0.5) is 11.4 Å². The molecule has 1 aliphatic rings. The molecule has 1 amide bonds. The van der Waals surface area contributed by atoms with E-state index in [1.807, 2.05) is 4.90 Å². The van der Waals surface area contributed by atoms with E-state index in [-0.39, 0.29) is 16.8 Å². The van der Waals surface area contributed by atoms with Crippen molar-refractivity contribution in [2.75, 3.05) is 23.3 Å². The number of amides is 1. The Morgan fingerprint density at radius 3 is 3.19 bits per heavy atom. The second-order valence-corrected chi connectivity index (χ2v) is 6.58. The topological polar surface area (TPSA) is 108 Å². The predicted octanol–water partition coefficient (Wildman–Crippen LogP) is 1.32. The van der Waals surface area contributed by atoms with Gasteiger partial charge in [0.05, 0.1) is 18.1 Å². The van der Waals surface area contributed by atoms with Gasteiger partial charge in [-0.25, -0.2) is 14.6 Å². The molecule has 4 heterocycles. The van der Waals surface area contributed by atoms with E-state index in [1.54, 1.807) is 29.2 Å². The number of anilines is 2. The van der Waals surface area contributed by atoms with Crippen molar-refractivity contribution in [2.45, 2.75) is 12.8 Å². The third kappa shape index (κ3) is 3.13. The molecule has 134 valence electrons. The van der Waals surface area contributed by atoms with Crippen molar-refractivity contribution in [3.63, 3.8) is 0 Å². The molecule has 2 N–H and O–H groups in total. The van der Waals surface area contributed by atoms with Crippen LogP contribution in [-0.4, -0.2) is 43.8 Å². The zero-order valence-corrected chi connectivity index (χ0v) is 14.5. The van der Waals surface area contributed by atoms with Crippen molar-refractivity contribution >= 4 is 34.5 Å². The van der Waals surface area contributed by atoms with Crippen molar-refractivity contribution in [1.82, 2.24) is 24.8 Å². The number of rotatable bonds is 4. The summed E-state index contributed by atoms with van der Waals surface area (Å²) in [4.78, 5) is 30.2. The summed E-state index contributed by atoms with van der Waals surface area (Å²) in [7, 11) is 0. The van der Waals surface area contributed by atoms with Crippen LogP contribution < -0.4 is 15.8 Å². The summed E-state index contributed by atoms with van der Waals surface area (Å²) in [6.07, 6.45) is 7.76. The second kappa shape index (κ2) is 6.75. The number of nitrogens with one attached hydrogen (secondary N) is 2. The Kier molecular flexibility index (Phi) is 4.29. The largest absolute Gasteiger partial charge is 0.369 e. The molecule has 0 saturated carbocycles. The van der Waals surface area contributed by atoms with Gasteiger partial charge < -0.3 is 10.2 Å². The zero-order valence-electron chi connectivity index (χ0n) is 13.7. The van der Waals surface area contributed by atoms with Gasteiger partial charge in [-0.3, -0.25) is 9.59 Å². The summed E-state index contributed by atoms with van der Waals surface area (Å²) in [5.74, 6) is 0.0766. The highest BCUT2D eigenvalue weighted by molar-refractivity contribution is 6.33. The van der Waals surface area contributed by atoms with Gasteiger partial charge in [0.1, 0.15) is 10.7 Å². The Bertz CT molecular complexity index is 1020. The van der Waals surface area contributed by atoms with Crippen molar-refractivity contribution in [1.29, 1.82) is 0 Å². The van der Waals surface area contributed by atoms with Gasteiger partial charge in [0.2, 0.25) is 5.91 Å². The Morgan fingerprint density at radius 1 is 1.42 bits per heavy atom. The fourth-order valence-electron chi connectivity index (χ4n) is 3.19. The molecule has 1 atom stereocenters. The first kappa shape index (κ1) is 16.5. The van der Waals surface area contributed by atoms with E-state index in [2.05, 4.69) is 25.6 Å². The lowest BCUT2D eigenvalue weighted by atomic mass is 10.0. The fraction of sp³-hybridized carbons (Fsp3) is 0.312. The van der Waals surface area contributed by atoms with E-state index >= 15 is 0 Å². The number of hydrogen-bond acceptors (Lipinski definition) is 6. The molecule has 0 aliphatic carbocycles. The van der Waals surface area contributed by atoms with Gasteiger partial charge in [0.15, 0.2) is 5.65 Å². The van der Waals surface area contributed by atoms with Crippen molar-refractivity contribution in [3.05, 3.63) is 46.2 Å². The Morgan fingerprint density at radius 2 is 2.31 bits per heavy atom. The Balaban J connectivity index is 1.40. The maximum atomic E-state index is 12.4. The number of carbonyl (C=O) groups excluding carboxylic acids is 1. The zero-order chi connectivity index (χ0) is 18.1. The number of H-pyrrole nitrogens is 1. The molecule has 1 unspecified atom stereocenters. The van der Waals surface area contributed by atoms with E-state index in [9.17, 15) is 9.59 Å². The molecule has 0 bridgehead atoms. The molecule has 3 aromatic rings. The average Bonchev–Trinajstić information content (AvgIpc) is 3.25. The van der Waals surface area contributed by atoms with Gasteiger partial charge in [0.25, 0.3) is 5.56 Å². The maximum absolute atomic E-state index is 12.4. The van der Waals surface area contributed by atoms with Crippen LogP contribution in [0.25, 0.3) is 5.65 Å². The highest BCUT2D eigenvalue weighted by Gasteiger charge is 2.27. The number of aromatic nitrogens is 5. The second-order valence-electron chi connectivity index (χ2n) is 6.20. The Labute approximate surface area is 153 Å². The van der Waals surface area contributed by atoms with Gasteiger partial charge >= 0.3 is 0 Å². The van der Waals surface area contributed by atoms with Crippen molar-refractivity contribution < 1.29 is 4.79 Å². The molecule has 10 heteroatoms. The lowest BCUT2D eigenvalue weighted by molar-refractivity contribution is -0.116. The number of carbonyl (C=O) groups is 1. The highest BCUT2D eigenvalue weighted by Crippen LogP contribution is 2.29. The van der Waals surface area contributed by atoms with Gasteiger partial charge in [-0.05, 0) is 18.4 Å². The van der Waals surface area contributed by atoms with Gasteiger partial charge in [-0.15, -0.1) is 0 Å². The Hall–Kier alpha value is -2.94. The normalized spacial score (nSPS) is 17.0. The summed E-state index contributed by atoms with van der Waals surface area (Å²) in [6.45, 7) is 1.37. The molecule has 0 aromatic carbocycles. The van der Waals surface area contributed by atoms with Crippen LogP contribution in [0.3, 0.4) is 0 Å². The maximum Gasteiger partial charge on any atom is 0.285 e. The molecular formula is C16H16ClN7O2. The van der Waals surface area contributed by atoms with E-state index in [0.717, 1.165) is 13.0 Å². The summed E-state index contributed by atoms with van der Waals surface area (Å²) in [6, 6.07) is 1.77. The minimum Gasteiger partial charge on any atom is -0.369 e. The number of hydrogen-bond donors (Lipinski definition) is 2. The number of halogens is 1. The monoisotopic (exact) mass is 373 g/mol. The van der Waals surface area contributed by atoms with Crippen LogP contribution in [-0.2, 0) is 4.79 Å². The smallest absolute Gasteiger partial charge is 0.285 e. The number of fused-ring (bicyclic) bond motifs is 1. The molecule has 1 aliphatic heterocycles. The molecule has 4 rings (SSSR count). The van der Waals surface area contributed by atoms with Gasteiger partial charge in [0, 0.05) is 31.9 Å². The van der Waals surface area contributed by atoms with E-state index in [4.69, 9.17) is 11.6 Å². The van der Waals surface area contributed by atoms with Crippen LogP contribution in [0.1, 0.15) is 12.8 Å². The minimum atomic E-state index is -0.411. The average molecular weight is 374 g/mol. The van der Waals surface area contributed by atoms with Crippen molar-refractivity contribution in [2.24, 2.45) is 5.92 Å². The third-order valence-corrected chi connectivity index (χ3v) is 4.80. The minimum absolute atomic E-state index is 0.0902. The number of nitrogens with zero attached hydrogens (tertiary/aromatic N) is 5. The first-order chi connectivity index (χ1) is 12.6. The van der Waals surface area contributed by atoms with Crippen LogP contribution >= 0.6 is 11.6 Å². The molecule has 1 fully saturated rings. The molecule has 26 heavy (non-hydrogen) atoms. The van der Waals surface area contributed by atoms with Gasteiger partial charge in [-0.2, -0.15) is 10.2 Å². The molecule has 9 nitrogen and oxygen atoms in total. The van der Waals surface area contributed by atoms with Gasteiger partial charge in [-0.1, -0.05) is 11.6 Å². The van der Waals surface area contributed by atoms with E-state index in [1.165, 1.54) is 6.20 Å². The lowest BCUT2D eigenvalue weighted by Gasteiger charge is -2.18. The lowest BCUT2D eigenvalue weighted by Crippen LogP contribution is -2.24. The third-order valence-electron chi connectivity index (χ3n) is 4.43. The predicted molar refractivity (Wildman–Crippen MR) is 96.4 cm³/mol. The van der Waals surface area contributed by atoms with Crippen LogP contribution in [0.5, 0.6) is 0 Å². The molecule has 0 radical (unpaired) electrons. The van der Waals surface area contributed by atoms with Crippen LogP contribution in [0, 0.1) is 5.92 Å². The molecule has 3 aromatic heterocycles. The quantitative estimate of drug-likeness (QED) is 0.714. The summed E-state index contributed by atoms with van der Waals surface area (Å²) in [5.41, 5.74) is 1.39.